The van der Waals surface area contributed by atoms with E-state index in [1.807, 2.05) is 6.92 Å². The molecule has 1 atom stereocenters. The Labute approximate surface area is 199 Å². The van der Waals surface area contributed by atoms with E-state index >= 15 is 0 Å². The van der Waals surface area contributed by atoms with Crippen molar-refractivity contribution in [2.24, 2.45) is 0 Å². The fourth-order valence-corrected chi connectivity index (χ4v) is 4.29. The Morgan fingerprint density at radius 3 is 2.54 bits per heavy atom. The van der Waals surface area contributed by atoms with Gasteiger partial charge in [-0.05, 0) is 55.0 Å². The van der Waals surface area contributed by atoms with Crippen molar-refractivity contribution >= 4 is 16.9 Å². The van der Waals surface area contributed by atoms with Gasteiger partial charge in [-0.25, -0.2) is 18.0 Å². The standard InChI is InChI=1S/C28H23F3O4/c1-16(6-4-8-17-7-2-3-11-21(17)28(33)34)22-13-20(29)14-23-24(32)15-25(35-26(22)23)18-9-5-10-19(12-18)27(30)31/h2-3,5,7,9-16,27H,4,6,8H2,1H3,(H,33,34). The molecule has 0 amide bonds. The summed E-state index contributed by atoms with van der Waals surface area (Å²) in [6.07, 6.45) is -0.932. The molecule has 1 aromatic heterocycles. The molecule has 1 N–H and O–H groups in total. The lowest BCUT2D eigenvalue weighted by Gasteiger charge is -2.15. The van der Waals surface area contributed by atoms with Crippen molar-refractivity contribution < 1.29 is 27.5 Å². The maximum Gasteiger partial charge on any atom is 0.335 e. The first-order chi connectivity index (χ1) is 16.7. The van der Waals surface area contributed by atoms with Crippen molar-refractivity contribution in [3.63, 3.8) is 0 Å². The Bertz CT molecular complexity index is 1440. The quantitative estimate of drug-likeness (QED) is 0.286. The number of rotatable bonds is 8. The Morgan fingerprint density at radius 2 is 1.80 bits per heavy atom. The smallest absolute Gasteiger partial charge is 0.335 e. The lowest BCUT2D eigenvalue weighted by Crippen LogP contribution is -2.06. The fourth-order valence-electron chi connectivity index (χ4n) is 4.29. The molecule has 0 saturated carbocycles. The molecule has 3 aromatic carbocycles. The number of alkyl halides is 2. The van der Waals surface area contributed by atoms with E-state index in [9.17, 15) is 27.9 Å². The lowest BCUT2D eigenvalue weighted by atomic mass is 9.91. The number of fused-ring (bicyclic) bond motifs is 1. The molecule has 0 spiro atoms. The Hall–Kier alpha value is -3.87. The van der Waals surface area contributed by atoms with Crippen LogP contribution in [0.4, 0.5) is 13.2 Å². The number of aryl methyl sites for hydroxylation is 1. The Morgan fingerprint density at radius 1 is 1.03 bits per heavy atom. The molecule has 0 saturated heterocycles. The zero-order valence-corrected chi connectivity index (χ0v) is 18.9. The van der Waals surface area contributed by atoms with Gasteiger partial charge >= 0.3 is 5.97 Å². The third-order valence-corrected chi connectivity index (χ3v) is 6.11. The van der Waals surface area contributed by atoms with Crippen LogP contribution in [0.3, 0.4) is 0 Å². The highest BCUT2D eigenvalue weighted by Gasteiger charge is 2.18. The Balaban J connectivity index is 1.66. The van der Waals surface area contributed by atoms with E-state index in [4.69, 9.17) is 4.42 Å². The summed E-state index contributed by atoms with van der Waals surface area (Å²) in [5.41, 5.74) is 1.34. The van der Waals surface area contributed by atoms with Gasteiger partial charge in [0.05, 0.1) is 10.9 Å². The molecular weight excluding hydrogens is 457 g/mol. The number of hydrogen-bond acceptors (Lipinski definition) is 3. The number of aromatic carboxylic acids is 1. The first kappa shape index (κ1) is 24.3. The highest BCUT2D eigenvalue weighted by molar-refractivity contribution is 5.89. The molecule has 0 aliphatic heterocycles. The molecule has 180 valence electrons. The summed E-state index contributed by atoms with van der Waals surface area (Å²) in [6.45, 7) is 1.88. The summed E-state index contributed by atoms with van der Waals surface area (Å²) in [5.74, 6) is -1.65. The third-order valence-electron chi connectivity index (χ3n) is 6.11. The molecule has 0 bridgehead atoms. The summed E-state index contributed by atoms with van der Waals surface area (Å²) in [7, 11) is 0. The van der Waals surface area contributed by atoms with Crippen LogP contribution in [0.1, 0.15) is 59.2 Å². The van der Waals surface area contributed by atoms with Crippen molar-refractivity contribution in [2.75, 3.05) is 0 Å². The molecule has 35 heavy (non-hydrogen) atoms. The summed E-state index contributed by atoms with van der Waals surface area (Å²) < 4.78 is 46.7. The molecular formula is C28H23F3O4. The minimum absolute atomic E-state index is 0.0804. The minimum atomic E-state index is -2.67. The number of carboxylic acids is 1. The fraction of sp³-hybridized carbons (Fsp3) is 0.214. The van der Waals surface area contributed by atoms with Gasteiger partial charge in [-0.3, -0.25) is 4.79 Å². The van der Waals surface area contributed by atoms with E-state index < -0.39 is 23.6 Å². The average Bonchev–Trinajstić information content (AvgIpc) is 2.84. The van der Waals surface area contributed by atoms with Crippen LogP contribution < -0.4 is 5.43 Å². The lowest BCUT2D eigenvalue weighted by molar-refractivity contribution is 0.0695. The van der Waals surface area contributed by atoms with Crippen LogP contribution in [0.25, 0.3) is 22.3 Å². The Kier molecular flexibility index (Phi) is 7.05. The second-order valence-corrected chi connectivity index (χ2v) is 8.53. The minimum Gasteiger partial charge on any atom is -0.478 e. The van der Waals surface area contributed by atoms with E-state index in [-0.39, 0.29) is 33.8 Å². The molecule has 0 fully saturated rings. The van der Waals surface area contributed by atoms with Crippen LogP contribution in [0.15, 0.2) is 75.9 Å². The van der Waals surface area contributed by atoms with E-state index in [1.165, 1.54) is 30.3 Å². The largest absolute Gasteiger partial charge is 0.478 e. The highest BCUT2D eigenvalue weighted by atomic mass is 19.3. The zero-order chi connectivity index (χ0) is 25.1. The number of hydrogen-bond donors (Lipinski definition) is 1. The van der Waals surface area contributed by atoms with Crippen LogP contribution in [-0.4, -0.2) is 11.1 Å². The molecule has 0 aliphatic rings. The predicted molar refractivity (Wildman–Crippen MR) is 128 cm³/mol. The van der Waals surface area contributed by atoms with Gasteiger partial charge in [0.1, 0.15) is 17.2 Å². The average molecular weight is 480 g/mol. The summed E-state index contributed by atoms with van der Waals surface area (Å²) >= 11 is 0. The summed E-state index contributed by atoms with van der Waals surface area (Å²) in [4.78, 5) is 24.2. The van der Waals surface area contributed by atoms with Crippen molar-refractivity contribution in [1.82, 2.24) is 0 Å². The van der Waals surface area contributed by atoms with Crippen molar-refractivity contribution in [3.8, 4) is 11.3 Å². The molecule has 1 unspecified atom stereocenters. The first-order valence-corrected chi connectivity index (χ1v) is 11.2. The monoisotopic (exact) mass is 480 g/mol. The normalized spacial score (nSPS) is 12.3. The van der Waals surface area contributed by atoms with Crippen molar-refractivity contribution in [3.05, 3.63) is 105 Å². The van der Waals surface area contributed by atoms with Gasteiger partial charge in [-0.2, -0.15) is 0 Å². The van der Waals surface area contributed by atoms with Gasteiger partial charge in [-0.15, -0.1) is 0 Å². The molecule has 0 radical (unpaired) electrons. The van der Waals surface area contributed by atoms with Gasteiger partial charge in [-0.1, -0.05) is 43.3 Å². The highest BCUT2D eigenvalue weighted by Crippen LogP contribution is 2.33. The first-order valence-electron chi connectivity index (χ1n) is 11.2. The second kappa shape index (κ2) is 10.2. The van der Waals surface area contributed by atoms with Crippen molar-refractivity contribution in [2.45, 2.75) is 38.5 Å². The third kappa shape index (κ3) is 5.29. The molecule has 4 aromatic rings. The van der Waals surface area contributed by atoms with E-state index in [0.29, 0.717) is 36.0 Å². The van der Waals surface area contributed by atoms with E-state index in [1.54, 1.807) is 30.3 Å². The van der Waals surface area contributed by atoms with Crippen LogP contribution in [0.2, 0.25) is 0 Å². The molecule has 1 heterocycles. The second-order valence-electron chi connectivity index (χ2n) is 8.53. The maximum atomic E-state index is 14.4. The molecule has 4 nitrogen and oxygen atoms in total. The predicted octanol–water partition coefficient (Wildman–Crippen LogP) is 7.36. The zero-order valence-electron chi connectivity index (χ0n) is 18.9. The summed E-state index contributed by atoms with van der Waals surface area (Å²) in [6, 6.07) is 16.0. The molecule has 4 rings (SSSR count). The van der Waals surface area contributed by atoms with E-state index in [2.05, 4.69) is 0 Å². The number of carboxylic acid groups (broad SMARTS) is 1. The van der Waals surface area contributed by atoms with Crippen LogP contribution in [-0.2, 0) is 6.42 Å². The number of carbonyl (C=O) groups is 1. The van der Waals surface area contributed by atoms with Gasteiger partial charge in [0.2, 0.25) is 0 Å². The van der Waals surface area contributed by atoms with Crippen LogP contribution in [0.5, 0.6) is 0 Å². The SMILES string of the molecule is CC(CCCc1ccccc1C(=O)O)c1cc(F)cc2c(=O)cc(-c3cccc(C(F)F)c3)oc12. The number of halogens is 3. The molecule has 7 heteroatoms. The maximum absolute atomic E-state index is 14.4. The van der Waals surface area contributed by atoms with Gasteiger partial charge < -0.3 is 9.52 Å². The van der Waals surface area contributed by atoms with Crippen molar-refractivity contribution in [1.29, 1.82) is 0 Å². The van der Waals surface area contributed by atoms with Crippen LogP contribution >= 0.6 is 0 Å². The topological polar surface area (TPSA) is 67.5 Å². The number of benzene rings is 3. The van der Waals surface area contributed by atoms with E-state index in [0.717, 1.165) is 6.07 Å². The van der Waals surface area contributed by atoms with Gasteiger partial charge in [0, 0.05) is 22.8 Å². The molecule has 0 aliphatic carbocycles. The van der Waals surface area contributed by atoms with Gasteiger partial charge in [0.15, 0.2) is 5.43 Å². The van der Waals surface area contributed by atoms with Gasteiger partial charge in [0.25, 0.3) is 6.43 Å². The summed E-state index contributed by atoms with van der Waals surface area (Å²) in [5, 5.41) is 9.45. The van der Waals surface area contributed by atoms with Crippen LogP contribution in [0, 0.1) is 5.82 Å².